The molecule has 1 aromatic rings. The van der Waals surface area contributed by atoms with Crippen LogP contribution in [-0.4, -0.2) is 12.9 Å². The van der Waals surface area contributed by atoms with Crippen molar-refractivity contribution in [2.24, 2.45) is 11.3 Å². The zero-order chi connectivity index (χ0) is 12.8. The number of carbonyl (C=O) groups excluding carboxylic acids is 1. The number of Topliss-reactive ketones (excluding diaryl/α,β-unsaturated/α-hetero) is 1. The van der Waals surface area contributed by atoms with Gasteiger partial charge in [-0.2, -0.15) is 0 Å². The quantitative estimate of drug-likeness (QED) is 0.754. The fourth-order valence-corrected chi connectivity index (χ4v) is 3.77. The van der Waals surface area contributed by atoms with Gasteiger partial charge in [0.1, 0.15) is 5.75 Å². The largest absolute Gasteiger partial charge is 0.497 e. The molecule has 2 aliphatic rings. The molecule has 0 amide bonds. The van der Waals surface area contributed by atoms with Gasteiger partial charge >= 0.3 is 0 Å². The van der Waals surface area contributed by atoms with E-state index >= 15 is 0 Å². The van der Waals surface area contributed by atoms with Gasteiger partial charge in [0.15, 0.2) is 5.78 Å². The second-order valence-corrected chi connectivity index (χ2v) is 6.02. The molecular formula is C16H20O2. The molecule has 2 nitrogen and oxygen atoms in total. The van der Waals surface area contributed by atoms with Crippen LogP contribution in [0.4, 0.5) is 0 Å². The molecule has 0 saturated heterocycles. The number of carbonyl (C=O) groups is 1. The molecule has 2 heteroatoms. The van der Waals surface area contributed by atoms with Crippen LogP contribution in [0.1, 0.15) is 48.5 Å². The molecular weight excluding hydrogens is 224 g/mol. The molecule has 0 aromatic heterocycles. The van der Waals surface area contributed by atoms with Gasteiger partial charge in [0.2, 0.25) is 0 Å². The average Bonchev–Trinajstić information content (AvgIpc) is 2.37. The number of hydrogen-bond acceptors (Lipinski definition) is 2. The minimum atomic E-state index is 0.175. The highest BCUT2D eigenvalue weighted by Crippen LogP contribution is 2.49. The van der Waals surface area contributed by atoms with Gasteiger partial charge in [0.05, 0.1) is 7.11 Å². The highest BCUT2D eigenvalue weighted by atomic mass is 16.5. The average molecular weight is 244 g/mol. The van der Waals surface area contributed by atoms with Crippen LogP contribution in [0, 0.1) is 11.3 Å². The van der Waals surface area contributed by atoms with Crippen LogP contribution in [0.3, 0.4) is 0 Å². The van der Waals surface area contributed by atoms with Gasteiger partial charge in [0, 0.05) is 11.5 Å². The summed E-state index contributed by atoms with van der Waals surface area (Å²) in [4.78, 5) is 12.6. The molecule has 0 aliphatic heterocycles. The van der Waals surface area contributed by atoms with Gasteiger partial charge in [-0.15, -0.1) is 0 Å². The third kappa shape index (κ3) is 1.66. The molecule has 0 N–H and O–H groups in total. The van der Waals surface area contributed by atoms with Gasteiger partial charge in [-0.1, -0.05) is 19.8 Å². The maximum atomic E-state index is 12.6. The van der Waals surface area contributed by atoms with Crippen LogP contribution in [0.2, 0.25) is 0 Å². The van der Waals surface area contributed by atoms with Crippen LogP contribution in [-0.2, 0) is 6.42 Å². The zero-order valence-electron chi connectivity index (χ0n) is 11.2. The van der Waals surface area contributed by atoms with Crippen LogP contribution < -0.4 is 4.74 Å². The Morgan fingerprint density at radius 2 is 2.17 bits per heavy atom. The molecule has 2 aliphatic carbocycles. The molecule has 1 aromatic carbocycles. The number of benzene rings is 1. The summed E-state index contributed by atoms with van der Waals surface area (Å²) < 4.78 is 5.27. The summed E-state index contributed by atoms with van der Waals surface area (Å²) in [6, 6.07) is 5.90. The Bertz CT molecular complexity index is 492. The van der Waals surface area contributed by atoms with Gasteiger partial charge in [-0.25, -0.2) is 0 Å². The maximum Gasteiger partial charge on any atom is 0.166 e. The summed E-state index contributed by atoms with van der Waals surface area (Å²) in [6.45, 7) is 2.29. The topological polar surface area (TPSA) is 26.3 Å². The second kappa shape index (κ2) is 4.11. The van der Waals surface area contributed by atoms with Gasteiger partial charge < -0.3 is 4.74 Å². The van der Waals surface area contributed by atoms with Gasteiger partial charge in [-0.05, 0) is 48.4 Å². The van der Waals surface area contributed by atoms with Crippen LogP contribution >= 0.6 is 0 Å². The van der Waals surface area contributed by atoms with E-state index in [9.17, 15) is 4.79 Å². The summed E-state index contributed by atoms with van der Waals surface area (Å²) in [5.41, 5.74) is 2.29. The fraction of sp³-hybridized carbons (Fsp3) is 0.562. The van der Waals surface area contributed by atoms with E-state index in [2.05, 4.69) is 6.92 Å². The normalized spacial score (nSPS) is 30.6. The Labute approximate surface area is 108 Å². The summed E-state index contributed by atoms with van der Waals surface area (Å²) in [5, 5.41) is 0. The van der Waals surface area contributed by atoms with E-state index in [0.29, 0.717) is 5.78 Å². The van der Waals surface area contributed by atoms with Crippen molar-refractivity contribution in [3.63, 3.8) is 0 Å². The van der Waals surface area contributed by atoms with Gasteiger partial charge in [-0.3, -0.25) is 4.79 Å². The summed E-state index contributed by atoms with van der Waals surface area (Å²) >= 11 is 0. The molecule has 18 heavy (non-hydrogen) atoms. The Hall–Kier alpha value is -1.31. The predicted molar refractivity (Wildman–Crippen MR) is 71.1 cm³/mol. The van der Waals surface area contributed by atoms with E-state index in [1.54, 1.807) is 7.11 Å². The number of rotatable bonds is 1. The van der Waals surface area contributed by atoms with Crippen molar-refractivity contribution in [1.29, 1.82) is 0 Å². The van der Waals surface area contributed by atoms with Crippen molar-refractivity contribution >= 4 is 5.78 Å². The fourth-order valence-electron chi connectivity index (χ4n) is 3.77. The number of ether oxygens (including phenoxy) is 1. The van der Waals surface area contributed by atoms with Crippen molar-refractivity contribution < 1.29 is 9.53 Å². The lowest BCUT2D eigenvalue weighted by atomic mass is 9.59. The monoisotopic (exact) mass is 244 g/mol. The maximum absolute atomic E-state index is 12.6. The Morgan fingerprint density at radius 1 is 1.33 bits per heavy atom. The number of methoxy groups -OCH3 is 1. The lowest BCUT2D eigenvalue weighted by molar-refractivity contribution is 0.0602. The van der Waals surface area contributed by atoms with Crippen molar-refractivity contribution in [2.75, 3.05) is 7.11 Å². The lowest BCUT2D eigenvalue weighted by Crippen LogP contribution is -2.42. The molecule has 96 valence electrons. The third-order valence-electron chi connectivity index (χ3n) is 4.82. The molecule has 0 heterocycles. The number of ketones is 1. The van der Waals surface area contributed by atoms with Crippen molar-refractivity contribution in [3.8, 4) is 5.75 Å². The Balaban J connectivity index is 2.06. The highest BCUT2D eigenvalue weighted by molar-refractivity contribution is 6.01. The Kier molecular flexibility index (Phi) is 2.69. The van der Waals surface area contributed by atoms with E-state index in [1.807, 2.05) is 18.2 Å². The van der Waals surface area contributed by atoms with Crippen LogP contribution in [0.5, 0.6) is 5.75 Å². The molecule has 2 atom stereocenters. The zero-order valence-corrected chi connectivity index (χ0v) is 11.2. The summed E-state index contributed by atoms with van der Waals surface area (Å²) in [6.07, 6.45) is 5.74. The number of fused-ring (bicyclic) bond motifs is 2. The Morgan fingerprint density at radius 3 is 2.94 bits per heavy atom. The van der Waals surface area contributed by atoms with E-state index in [4.69, 9.17) is 4.74 Å². The standard InChI is InChI=1S/C16H20O2/c1-16-8-4-3-5-14(16)15(17)13-7-6-12(18-2)9-11(13)10-16/h6-7,9,14H,3-5,8,10H2,1-2H3. The first-order chi connectivity index (χ1) is 8.64. The number of hydrogen-bond donors (Lipinski definition) is 0. The van der Waals surface area contributed by atoms with Crippen molar-refractivity contribution in [1.82, 2.24) is 0 Å². The predicted octanol–water partition coefficient (Wildman–Crippen LogP) is 3.63. The second-order valence-electron chi connectivity index (χ2n) is 6.02. The van der Waals surface area contributed by atoms with Gasteiger partial charge in [0.25, 0.3) is 0 Å². The molecule has 0 bridgehead atoms. The van der Waals surface area contributed by atoms with Crippen molar-refractivity contribution in [2.45, 2.75) is 39.0 Å². The van der Waals surface area contributed by atoms with E-state index < -0.39 is 0 Å². The highest BCUT2D eigenvalue weighted by Gasteiger charge is 2.45. The SMILES string of the molecule is COc1ccc2c(c1)CC1(C)CCCCC1C2=O. The molecule has 0 spiro atoms. The van der Waals surface area contributed by atoms with Crippen LogP contribution in [0.25, 0.3) is 0 Å². The molecule has 1 saturated carbocycles. The smallest absolute Gasteiger partial charge is 0.166 e. The van der Waals surface area contributed by atoms with E-state index in [1.165, 1.54) is 24.8 Å². The minimum absolute atomic E-state index is 0.175. The van der Waals surface area contributed by atoms with E-state index in [0.717, 1.165) is 24.2 Å². The first kappa shape index (κ1) is 11.8. The van der Waals surface area contributed by atoms with Crippen LogP contribution in [0.15, 0.2) is 18.2 Å². The molecule has 2 unspecified atom stereocenters. The first-order valence-electron chi connectivity index (χ1n) is 6.85. The van der Waals surface area contributed by atoms with Crippen molar-refractivity contribution in [3.05, 3.63) is 29.3 Å². The molecule has 3 rings (SSSR count). The molecule has 1 fully saturated rings. The summed E-state index contributed by atoms with van der Waals surface area (Å²) in [7, 11) is 1.68. The minimum Gasteiger partial charge on any atom is -0.497 e. The first-order valence-corrected chi connectivity index (χ1v) is 6.85. The molecule has 0 radical (unpaired) electrons. The third-order valence-corrected chi connectivity index (χ3v) is 4.82. The lowest BCUT2D eigenvalue weighted by Gasteiger charge is -2.44. The summed E-state index contributed by atoms with van der Waals surface area (Å²) in [5.74, 6) is 1.47. The van der Waals surface area contributed by atoms with E-state index in [-0.39, 0.29) is 11.3 Å².